The van der Waals surface area contributed by atoms with Crippen LogP contribution in [0, 0.1) is 0 Å². The van der Waals surface area contributed by atoms with E-state index in [1.165, 1.54) is 0 Å². The highest BCUT2D eigenvalue weighted by atomic mass is 31.2. The smallest absolute Gasteiger partial charge is 0.308 e. The minimum atomic E-state index is -2.93. The first-order valence-electron chi connectivity index (χ1n) is 5.44. The lowest BCUT2D eigenvalue weighted by Gasteiger charge is -2.31. The molecule has 1 saturated heterocycles. The Morgan fingerprint density at radius 2 is 2.38 bits per heavy atom. The van der Waals surface area contributed by atoms with Gasteiger partial charge in [-0.1, -0.05) is 19.9 Å². The van der Waals surface area contributed by atoms with Crippen LogP contribution >= 0.6 is 7.60 Å². The van der Waals surface area contributed by atoms with Crippen LogP contribution in [0.4, 0.5) is 0 Å². The van der Waals surface area contributed by atoms with Crippen LogP contribution in [0.15, 0.2) is 24.5 Å². The number of aromatic nitrogens is 1. The van der Waals surface area contributed by atoms with E-state index in [2.05, 4.69) is 4.98 Å². The Morgan fingerprint density at radius 1 is 1.56 bits per heavy atom. The average molecular weight is 241 g/mol. The van der Waals surface area contributed by atoms with Gasteiger partial charge in [0.05, 0.1) is 18.4 Å². The monoisotopic (exact) mass is 241 g/mol. The van der Waals surface area contributed by atoms with Crippen LogP contribution in [0.2, 0.25) is 0 Å². The topological polar surface area (TPSA) is 48.4 Å². The fourth-order valence-electron chi connectivity index (χ4n) is 1.61. The minimum absolute atomic E-state index is 0.105. The fraction of sp³-hybridized carbons (Fsp3) is 0.545. The van der Waals surface area contributed by atoms with Crippen molar-refractivity contribution in [3.63, 3.8) is 0 Å². The summed E-state index contributed by atoms with van der Waals surface area (Å²) in [6.45, 7) is 4.19. The lowest BCUT2D eigenvalue weighted by molar-refractivity contribution is 0.0779. The molecule has 1 aliphatic rings. The molecule has 2 unspecified atom stereocenters. The van der Waals surface area contributed by atoms with Crippen molar-refractivity contribution in [3.05, 3.63) is 30.1 Å². The van der Waals surface area contributed by atoms with Gasteiger partial charge in [0.1, 0.15) is 0 Å². The highest BCUT2D eigenvalue weighted by molar-refractivity contribution is 7.54. The maximum Gasteiger partial charge on any atom is 0.333 e. The normalized spacial score (nSPS) is 30.6. The van der Waals surface area contributed by atoms with Gasteiger partial charge in [0, 0.05) is 18.8 Å². The average Bonchev–Trinajstić information content (AvgIpc) is 2.30. The number of hydrogen-bond acceptors (Lipinski definition) is 4. The second-order valence-corrected chi connectivity index (χ2v) is 6.72. The molecule has 2 atom stereocenters. The maximum atomic E-state index is 12.3. The molecule has 0 radical (unpaired) electrons. The Kier molecular flexibility index (Phi) is 3.43. The number of rotatable bonds is 2. The second kappa shape index (κ2) is 4.66. The van der Waals surface area contributed by atoms with Crippen molar-refractivity contribution in [2.75, 3.05) is 6.61 Å². The van der Waals surface area contributed by atoms with Crippen molar-refractivity contribution in [2.24, 2.45) is 0 Å². The van der Waals surface area contributed by atoms with Crippen molar-refractivity contribution in [3.8, 4) is 0 Å². The summed E-state index contributed by atoms with van der Waals surface area (Å²) in [7, 11) is -2.93. The zero-order chi connectivity index (χ0) is 11.6. The third-order valence-electron chi connectivity index (χ3n) is 2.61. The highest BCUT2D eigenvalue weighted by Gasteiger charge is 2.37. The van der Waals surface area contributed by atoms with Crippen LogP contribution in [-0.2, 0) is 13.6 Å². The molecule has 0 aliphatic carbocycles. The summed E-state index contributed by atoms with van der Waals surface area (Å²) in [4.78, 5) is 4.04. The quantitative estimate of drug-likeness (QED) is 0.746. The van der Waals surface area contributed by atoms with E-state index >= 15 is 0 Å². The molecule has 0 saturated carbocycles. The third kappa shape index (κ3) is 2.34. The molecule has 1 fully saturated rings. The molecule has 2 heterocycles. The van der Waals surface area contributed by atoms with E-state index in [0.29, 0.717) is 6.61 Å². The van der Waals surface area contributed by atoms with Gasteiger partial charge in [0.2, 0.25) is 0 Å². The first kappa shape index (κ1) is 11.8. The molecule has 16 heavy (non-hydrogen) atoms. The van der Waals surface area contributed by atoms with E-state index in [1.54, 1.807) is 12.4 Å². The molecule has 0 amide bonds. The Hall–Kier alpha value is -0.700. The van der Waals surface area contributed by atoms with Gasteiger partial charge in [-0.15, -0.1) is 0 Å². The summed E-state index contributed by atoms with van der Waals surface area (Å²) in [5.74, 6) is 0. The molecule has 0 bridgehead atoms. The van der Waals surface area contributed by atoms with Gasteiger partial charge in [0.25, 0.3) is 0 Å². The van der Waals surface area contributed by atoms with Crippen molar-refractivity contribution >= 4 is 7.60 Å². The van der Waals surface area contributed by atoms with Gasteiger partial charge in [-0.05, 0) is 11.6 Å². The Balaban J connectivity index is 2.17. The van der Waals surface area contributed by atoms with Gasteiger partial charge in [-0.3, -0.25) is 9.55 Å². The number of pyridine rings is 1. The van der Waals surface area contributed by atoms with Crippen LogP contribution in [0.5, 0.6) is 0 Å². The first-order chi connectivity index (χ1) is 7.62. The molecule has 2 rings (SSSR count). The van der Waals surface area contributed by atoms with Gasteiger partial charge in [-0.2, -0.15) is 0 Å². The summed E-state index contributed by atoms with van der Waals surface area (Å²) < 4.78 is 23.2. The number of nitrogens with zero attached hydrogens (tertiary/aromatic N) is 1. The van der Waals surface area contributed by atoms with Gasteiger partial charge in [-0.25, -0.2) is 0 Å². The van der Waals surface area contributed by atoms with E-state index in [4.69, 9.17) is 9.05 Å². The van der Waals surface area contributed by atoms with Crippen molar-refractivity contribution in [2.45, 2.75) is 32.0 Å². The van der Waals surface area contributed by atoms with Crippen LogP contribution in [0.1, 0.15) is 31.9 Å². The Labute approximate surface area is 95.5 Å². The van der Waals surface area contributed by atoms with Crippen molar-refractivity contribution in [1.29, 1.82) is 0 Å². The fourth-order valence-corrected chi connectivity index (χ4v) is 3.16. The van der Waals surface area contributed by atoms with Crippen LogP contribution in [0.25, 0.3) is 0 Å². The zero-order valence-corrected chi connectivity index (χ0v) is 10.4. The molecule has 0 spiro atoms. The Bertz CT molecular complexity index is 393. The zero-order valence-electron chi connectivity index (χ0n) is 9.50. The minimum Gasteiger partial charge on any atom is -0.308 e. The predicted octanol–water partition coefficient (Wildman–Crippen LogP) is 3.16. The third-order valence-corrected chi connectivity index (χ3v) is 4.97. The van der Waals surface area contributed by atoms with Gasteiger partial charge in [0.15, 0.2) is 0 Å². The van der Waals surface area contributed by atoms with Gasteiger partial charge >= 0.3 is 7.60 Å². The Morgan fingerprint density at radius 3 is 3.00 bits per heavy atom. The van der Waals surface area contributed by atoms with E-state index in [0.717, 1.165) is 12.0 Å². The summed E-state index contributed by atoms with van der Waals surface area (Å²) in [5.41, 5.74) is 0.860. The van der Waals surface area contributed by atoms with Crippen LogP contribution < -0.4 is 0 Å². The molecular weight excluding hydrogens is 225 g/mol. The van der Waals surface area contributed by atoms with E-state index in [1.807, 2.05) is 26.0 Å². The molecule has 1 aromatic heterocycles. The molecule has 88 valence electrons. The maximum absolute atomic E-state index is 12.3. The van der Waals surface area contributed by atoms with Gasteiger partial charge < -0.3 is 9.05 Å². The summed E-state index contributed by atoms with van der Waals surface area (Å²) >= 11 is 0. The molecular formula is C11H16NO3P. The van der Waals surface area contributed by atoms with E-state index < -0.39 is 7.60 Å². The molecule has 0 aromatic carbocycles. The SMILES string of the molecule is CC(C)P1(=O)OCCC(c2cccnc2)O1. The van der Waals surface area contributed by atoms with E-state index in [-0.39, 0.29) is 11.8 Å². The highest BCUT2D eigenvalue weighted by Crippen LogP contribution is 2.59. The second-order valence-electron chi connectivity index (χ2n) is 4.14. The molecule has 1 aromatic rings. The lowest BCUT2D eigenvalue weighted by atomic mass is 10.1. The number of hydrogen-bond donors (Lipinski definition) is 0. The summed E-state index contributed by atoms with van der Waals surface area (Å²) in [5, 5.41) is 0. The standard InChI is InChI=1S/C11H16NO3P/c1-9(2)16(13)14-7-5-11(15-16)10-4-3-6-12-8-10/h3-4,6,8-9,11H,5,7H2,1-2H3. The van der Waals surface area contributed by atoms with E-state index in [9.17, 15) is 4.57 Å². The summed E-state index contributed by atoms with van der Waals surface area (Å²) in [6.07, 6.45) is 4.03. The van der Waals surface area contributed by atoms with Crippen LogP contribution in [-0.4, -0.2) is 17.2 Å². The predicted molar refractivity (Wildman–Crippen MR) is 61.4 cm³/mol. The molecule has 5 heteroatoms. The summed E-state index contributed by atoms with van der Waals surface area (Å²) in [6, 6.07) is 3.79. The lowest BCUT2D eigenvalue weighted by Crippen LogP contribution is -2.18. The molecule has 4 nitrogen and oxygen atoms in total. The largest absolute Gasteiger partial charge is 0.333 e. The van der Waals surface area contributed by atoms with Crippen LogP contribution in [0.3, 0.4) is 0 Å². The molecule has 0 N–H and O–H groups in total. The first-order valence-corrected chi connectivity index (χ1v) is 7.05. The van der Waals surface area contributed by atoms with Crippen molar-refractivity contribution < 1.29 is 13.6 Å². The molecule has 1 aliphatic heterocycles. The van der Waals surface area contributed by atoms with Crippen molar-refractivity contribution in [1.82, 2.24) is 4.98 Å².